The molecule has 0 unspecified atom stereocenters. The molecule has 2 aromatic rings. The van der Waals surface area contributed by atoms with Crippen LogP contribution in [0.25, 0.3) is 0 Å². The molecule has 0 atom stereocenters. The summed E-state index contributed by atoms with van der Waals surface area (Å²) in [6.07, 6.45) is 6.94. The Kier molecular flexibility index (Phi) is 5.20. The number of thioether (sulfide) groups is 2. The zero-order valence-electron chi connectivity index (χ0n) is 16.8. The van der Waals surface area contributed by atoms with Crippen molar-refractivity contribution in [3.05, 3.63) is 34.5 Å². The molecule has 1 aromatic heterocycles. The number of hydrogen-bond acceptors (Lipinski definition) is 8. The van der Waals surface area contributed by atoms with E-state index in [2.05, 4.69) is 25.1 Å². The summed E-state index contributed by atoms with van der Waals surface area (Å²) in [7, 11) is 3.65. The van der Waals surface area contributed by atoms with E-state index in [4.69, 9.17) is 4.74 Å². The Morgan fingerprint density at radius 3 is 2.80 bits per heavy atom. The predicted molar refractivity (Wildman–Crippen MR) is 119 cm³/mol. The monoisotopic (exact) mass is 442 g/mol. The Hall–Kier alpha value is -2.46. The van der Waals surface area contributed by atoms with Crippen LogP contribution in [-0.4, -0.2) is 51.4 Å². The molecule has 0 spiro atoms. The molecule has 3 aliphatic rings. The van der Waals surface area contributed by atoms with E-state index < -0.39 is 0 Å². The minimum absolute atomic E-state index is 0.0271. The number of benzene rings is 1. The third kappa shape index (κ3) is 3.37. The van der Waals surface area contributed by atoms with Crippen LogP contribution >= 0.6 is 23.5 Å². The highest BCUT2D eigenvalue weighted by molar-refractivity contribution is 8.19. The fraction of sp³-hybridized carbons (Fsp3) is 0.400. The van der Waals surface area contributed by atoms with E-state index in [0.29, 0.717) is 16.0 Å². The average molecular weight is 443 g/mol. The van der Waals surface area contributed by atoms with Gasteiger partial charge in [0.1, 0.15) is 17.0 Å². The van der Waals surface area contributed by atoms with Gasteiger partial charge >= 0.3 is 0 Å². The summed E-state index contributed by atoms with van der Waals surface area (Å²) >= 11 is 3.04. The Morgan fingerprint density at radius 1 is 1.23 bits per heavy atom. The van der Waals surface area contributed by atoms with Gasteiger partial charge in [0.25, 0.3) is 5.91 Å². The summed E-state index contributed by atoms with van der Waals surface area (Å²) in [5.41, 5.74) is 1.04. The van der Waals surface area contributed by atoms with Gasteiger partial charge in [-0.05, 0) is 36.7 Å². The number of carbonyl (C=O) groups is 1. The highest BCUT2D eigenvalue weighted by Gasteiger charge is 2.42. The number of aromatic nitrogens is 3. The summed E-state index contributed by atoms with van der Waals surface area (Å²) in [5, 5.41) is 8.26. The first-order valence-corrected chi connectivity index (χ1v) is 11.6. The number of aliphatic imine (C=N–C) groups is 1. The summed E-state index contributed by atoms with van der Waals surface area (Å²) < 4.78 is 5.37. The van der Waals surface area contributed by atoms with Crippen molar-refractivity contribution in [3.8, 4) is 5.75 Å². The first-order valence-electron chi connectivity index (χ1n) is 9.95. The maximum Gasteiger partial charge on any atom is 0.269 e. The normalized spacial score (nSPS) is 23.5. The lowest BCUT2D eigenvalue weighted by Crippen LogP contribution is -2.40. The zero-order valence-corrected chi connectivity index (χ0v) is 18.4. The number of ether oxygens (including phenoxy) is 1. The third-order valence-corrected chi connectivity index (χ3v) is 8.00. The summed E-state index contributed by atoms with van der Waals surface area (Å²) in [4.78, 5) is 28.1. The SMILES string of the molecule is COc1ccc2c(c1)N(C)/C(=C1/S/C(=N\c3ncn[nH]3)N(C3CCCCC3)C1=O)S2. The molecule has 0 radical (unpaired) electrons. The van der Waals surface area contributed by atoms with Crippen LogP contribution in [0.3, 0.4) is 0 Å². The minimum Gasteiger partial charge on any atom is -0.497 e. The molecule has 30 heavy (non-hydrogen) atoms. The van der Waals surface area contributed by atoms with Crippen molar-refractivity contribution in [3.63, 3.8) is 0 Å². The highest BCUT2D eigenvalue weighted by Crippen LogP contribution is 2.51. The number of nitrogens with one attached hydrogen (secondary N) is 1. The van der Waals surface area contributed by atoms with Gasteiger partial charge in [-0.2, -0.15) is 15.1 Å². The molecule has 1 aliphatic carbocycles. The molecule has 1 saturated carbocycles. The fourth-order valence-corrected chi connectivity index (χ4v) is 6.42. The van der Waals surface area contributed by atoms with Gasteiger partial charge in [-0.1, -0.05) is 31.0 Å². The van der Waals surface area contributed by atoms with Gasteiger partial charge in [0.15, 0.2) is 5.17 Å². The summed E-state index contributed by atoms with van der Waals surface area (Å²) in [6, 6.07) is 6.16. The number of H-pyrrole nitrogens is 1. The summed E-state index contributed by atoms with van der Waals surface area (Å²) in [6.45, 7) is 0. The predicted octanol–water partition coefficient (Wildman–Crippen LogP) is 4.12. The number of hydrogen-bond donors (Lipinski definition) is 1. The van der Waals surface area contributed by atoms with Crippen LogP contribution in [0.4, 0.5) is 11.6 Å². The van der Waals surface area contributed by atoms with Crippen LogP contribution in [0.2, 0.25) is 0 Å². The Labute approximate surface area is 183 Å². The fourth-order valence-electron chi connectivity index (χ4n) is 4.05. The molecule has 3 heterocycles. The van der Waals surface area contributed by atoms with Crippen LogP contribution in [0, 0.1) is 0 Å². The van der Waals surface area contributed by atoms with Gasteiger partial charge in [-0.25, -0.2) is 5.10 Å². The van der Waals surface area contributed by atoms with Gasteiger partial charge in [0.05, 0.1) is 17.8 Å². The number of nitrogens with zero attached hydrogens (tertiary/aromatic N) is 5. The van der Waals surface area contributed by atoms with Gasteiger partial charge in [0, 0.05) is 24.1 Å². The van der Waals surface area contributed by atoms with Gasteiger partial charge in [-0.15, -0.1) is 0 Å². The van der Waals surface area contributed by atoms with Crippen molar-refractivity contribution >= 4 is 46.2 Å². The van der Waals surface area contributed by atoms with E-state index in [1.54, 1.807) is 18.9 Å². The van der Waals surface area contributed by atoms with Crippen LogP contribution in [-0.2, 0) is 4.79 Å². The Morgan fingerprint density at radius 2 is 2.07 bits per heavy atom. The van der Waals surface area contributed by atoms with Crippen LogP contribution in [0.1, 0.15) is 32.1 Å². The second kappa shape index (κ2) is 7.99. The molecule has 1 saturated heterocycles. The highest BCUT2D eigenvalue weighted by atomic mass is 32.2. The van der Waals surface area contributed by atoms with Crippen LogP contribution in [0.15, 0.2) is 44.3 Å². The summed E-state index contributed by atoms with van der Waals surface area (Å²) in [5.74, 6) is 1.24. The molecule has 1 aromatic carbocycles. The molecule has 10 heteroatoms. The second-order valence-electron chi connectivity index (χ2n) is 7.40. The molecular formula is C20H22N6O2S2. The first kappa shape index (κ1) is 19.5. The standard InChI is InChI=1S/C20H22N6O2S2/c1-25-14-10-13(28-2)8-9-15(14)29-18(25)16-17(27)26(12-6-4-3-5-7-12)20(30-16)23-19-21-11-22-24-19/h8-12H,3-7H2,1-2H3,(H,21,22,24)/b18-16-,23-20-. The number of amidine groups is 1. The molecule has 5 rings (SSSR count). The lowest BCUT2D eigenvalue weighted by Gasteiger charge is -2.30. The third-order valence-electron chi connectivity index (χ3n) is 5.59. The van der Waals surface area contributed by atoms with E-state index >= 15 is 0 Å². The smallest absolute Gasteiger partial charge is 0.269 e. The average Bonchev–Trinajstić information content (AvgIpc) is 3.47. The molecular weight excluding hydrogens is 420 g/mol. The topological polar surface area (TPSA) is 86.7 Å². The Balaban J connectivity index is 1.54. The number of methoxy groups -OCH3 is 1. The van der Waals surface area contributed by atoms with Crippen LogP contribution in [0.5, 0.6) is 5.75 Å². The van der Waals surface area contributed by atoms with Crippen molar-refractivity contribution in [2.24, 2.45) is 4.99 Å². The van der Waals surface area contributed by atoms with E-state index in [1.807, 2.05) is 30.1 Å². The molecule has 1 amide bonds. The maximum absolute atomic E-state index is 13.6. The quantitative estimate of drug-likeness (QED) is 0.716. The second-order valence-corrected chi connectivity index (χ2v) is 9.41. The molecule has 2 fully saturated rings. The Bertz CT molecular complexity index is 1030. The lowest BCUT2D eigenvalue weighted by molar-refractivity contribution is -0.124. The molecule has 0 bridgehead atoms. The molecule has 2 aliphatic heterocycles. The van der Waals surface area contributed by atoms with Gasteiger partial charge < -0.3 is 9.64 Å². The van der Waals surface area contributed by atoms with Crippen molar-refractivity contribution in [1.29, 1.82) is 0 Å². The molecule has 156 valence electrons. The minimum atomic E-state index is 0.0271. The molecule has 1 N–H and O–H groups in total. The van der Waals surface area contributed by atoms with E-state index in [9.17, 15) is 4.79 Å². The number of carbonyl (C=O) groups excluding carboxylic acids is 1. The zero-order chi connectivity index (χ0) is 20.7. The largest absolute Gasteiger partial charge is 0.497 e. The van der Waals surface area contributed by atoms with E-state index in [-0.39, 0.29) is 11.9 Å². The van der Waals surface area contributed by atoms with Crippen molar-refractivity contribution in [2.45, 2.75) is 43.0 Å². The van der Waals surface area contributed by atoms with E-state index in [0.717, 1.165) is 47.0 Å². The number of fused-ring (bicyclic) bond motifs is 1. The number of aromatic amines is 1. The van der Waals surface area contributed by atoms with Crippen molar-refractivity contribution in [2.75, 3.05) is 19.1 Å². The molecule has 8 nitrogen and oxygen atoms in total. The number of anilines is 1. The number of rotatable bonds is 3. The number of amides is 1. The van der Waals surface area contributed by atoms with Crippen molar-refractivity contribution < 1.29 is 9.53 Å². The maximum atomic E-state index is 13.6. The van der Waals surface area contributed by atoms with Crippen LogP contribution < -0.4 is 9.64 Å². The lowest BCUT2D eigenvalue weighted by atomic mass is 9.94. The first-order chi connectivity index (χ1) is 14.7. The van der Waals surface area contributed by atoms with Gasteiger partial charge in [0.2, 0.25) is 5.95 Å². The van der Waals surface area contributed by atoms with Gasteiger partial charge in [-0.3, -0.25) is 9.69 Å². The van der Waals surface area contributed by atoms with Crippen molar-refractivity contribution in [1.82, 2.24) is 20.1 Å². The van der Waals surface area contributed by atoms with E-state index in [1.165, 1.54) is 24.5 Å².